The summed E-state index contributed by atoms with van der Waals surface area (Å²) in [6, 6.07) is 0. The van der Waals surface area contributed by atoms with Crippen molar-refractivity contribution < 1.29 is 9.18 Å². The molecule has 0 aromatic rings. The highest BCUT2D eigenvalue weighted by atomic mass is 19.1. The van der Waals surface area contributed by atoms with Gasteiger partial charge in [-0.1, -0.05) is 20.8 Å². The fourth-order valence-corrected chi connectivity index (χ4v) is 1.26. The molecule has 1 rings (SSSR count). The summed E-state index contributed by atoms with van der Waals surface area (Å²) in [7, 11) is 0. The largest absolute Gasteiger partial charge is 0.336 e. The first-order valence-corrected chi connectivity index (χ1v) is 4.21. The molecule has 1 aliphatic rings. The summed E-state index contributed by atoms with van der Waals surface area (Å²) in [4.78, 5) is 12.3. The molecule has 3 heteroatoms. The molecule has 0 N–H and O–H groups in total. The van der Waals surface area contributed by atoms with E-state index in [2.05, 4.69) is 0 Å². The molecule has 0 atom stereocenters. The van der Waals surface area contributed by atoms with Gasteiger partial charge in [0, 0.05) is 6.92 Å². The number of hydrogen-bond acceptors (Lipinski definition) is 1. The van der Waals surface area contributed by atoms with Crippen LogP contribution in [-0.2, 0) is 4.79 Å². The molecule has 1 fully saturated rings. The molecule has 1 aliphatic heterocycles. The van der Waals surface area contributed by atoms with Crippen LogP contribution in [0.1, 0.15) is 27.7 Å². The van der Waals surface area contributed by atoms with Crippen molar-refractivity contribution in [2.45, 2.75) is 33.4 Å². The van der Waals surface area contributed by atoms with E-state index in [4.69, 9.17) is 0 Å². The Morgan fingerprint density at radius 3 is 2.08 bits per heavy atom. The van der Waals surface area contributed by atoms with E-state index in [-0.39, 0.29) is 24.4 Å². The van der Waals surface area contributed by atoms with Crippen LogP contribution in [0.3, 0.4) is 0 Å². The van der Waals surface area contributed by atoms with Crippen LogP contribution in [0.5, 0.6) is 0 Å². The lowest BCUT2D eigenvalue weighted by molar-refractivity contribution is -0.154. The maximum atomic E-state index is 13.8. The van der Waals surface area contributed by atoms with Gasteiger partial charge in [-0.2, -0.15) is 0 Å². The smallest absolute Gasteiger partial charge is 0.219 e. The minimum absolute atomic E-state index is 0.0347. The number of nitrogens with zero attached hydrogens (tertiary/aromatic N) is 1. The molecular weight excluding hydrogens is 157 g/mol. The molecule has 0 aromatic heterocycles. The lowest BCUT2D eigenvalue weighted by Gasteiger charge is -2.51. The molecule has 0 bridgehead atoms. The van der Waals surface area contributed by atoms with Gasteiger partial charge in [0.25, 0.3) is 0 Å². The second-order valence-corrected chi connectivity index (χ2v) is 4.59. The van der Waals surface area contributed by atoms with Crippen LogP contribution in [0.15, 0.2) is 0 Å². The van der Waals surface area contributed by atoms with E-state index in [1.807, 2.05) is 20.8 Å². The zero-order valence-corrected chi connectivity index (χ0v) is 8.15. The third kappa shape index (κ3) is 1.32. The summed E-state index contributed by atoms with van der Waals surface area (Å²) in [5.74, 6) is -0.0347. The Morgan fingerprint density at radius 2 is 1.83 bits per heavy atom. The highest BCUT2D eigenvalue weighted by molar-refractivity contribution is 5.74. The van der Waals surface area contributed by atoms with E-state index < -0.39 is 5.67 Å². The maximum absolute atomic E-state index is 13.8. The number of carbonyl (C=O) groups excluding carboxylic acids is 1. The highest BCUT2D eigenvalue weighted by Gasteiger charge is 2.52. The molecule has 1 heterocycles. The summed E-state index contributed by atoms with van der Waals surface area (Å²) in [6.45, 7) is 7.58. The molecule has 0 aliphatic carbocycles. The van der Waals surface area contributed by atoms with Crippen LogP contribution in [0.2, 0.25) is 0 Å². The van der Waals surface area contributed by atoms with Gasteiger partial charge < -0.3 is 4.90 Å². The van der Waals surface area contributed by atoms with Crippen LogP contribution in [0, 0.1) is 5.41 Å². The van der Waals surface area contributed by atoms with Gasteiger partial charge in [-0.3, -0.25) is 4.79 Å². The van der Waals surface area contributed by atoms with Crippen LogP contribution >= 0.6 is 0 Å². The van der Waals surface area contributed by atoms with Gasteiger partial charge in [-0.05, 0) is 5.41 Å². The third-order valence-electron chi connectivity index (χ3n) is 2.67. The quantitative estimate of drug-likeness (QED) is 0.545. The number of rotatable bonds is 0. The van der Waals surface area contributed by atoms with Crippen LogP contribution in [-0.4, -0.2) is 29.6 Å². The lowest BCUT2D eigenvalue weighted by atomic mass is 9.73. The van der Waals surface area contributed by atoms with E-state index in [1.165, 1.54) is 11.8 Å². The first kappa shape index (κ1) is 9.49. The molecule has 1 saturated heterocycles. The van der Waals surface area contributed by atoms with E-state index >= 15 is 0 Å². The van der Waals surface area contributed by atoms with Gasteiger partial charge in [-0.15, -0.1) is 0 Å². The zero-order chi connectivity index (χ0) is 9.57. The molecule has 0 saturated carbocycles. The molecule has 0 radical (unpaired) electrons. The van der Waals surface area contributed by atoms with Gasteiger partial charge in [0.1, 0.15) is 0 Å². The summed E-state index contributed by atoms with van der Waals surface area (Å²) in [5, 5.41) is 0. The topological polar surface area (TPSA) is 20.3 Å². The Labute approximate surface area is 72.7 Å². The molecule has 1 amide bonds. The minimum atomic E-state index is -1.18. The van der Waals surface area contributed by atoms with E-state index in [0.29, 0.717) is 0 Å². The van der Waals surface area contributed by atoms with Crippen molar-refractivity contribution in [3.8, 4) is 0 Å². The standard InChI is InChI=1S/C9H16FNO/c1-7(12)11-5-9(10,6-11)8(2,3)4/h5-6H2,1-4H3. The number of hydrogen-bond donors (Lipinski definition) is 0. The number of alkyl halides is 1. The van der Waals surface area contributed by atoms with Crippen molar-refractivity contribution in [3.63, 3.8) is 0 Å². The Bertz CT molecular complexity index is 201. The molecule has 0 aromatic carbocycles. The SMILES string of the molecule is CC(=O)N1CC(F)(C(C)(C)C)C1. The van der Waals surface area contributed by atoms with Gasteiger partial charge in [-0.25, -0.2) is 4.39 Å². The molecule has 12 heavy (non-hydrogen) atoms. The van der Waals surface area contributed by atoms with Crippen LogP contribution in [0.4, 0.5) is 4.39 Å². The Kier molecular flexibility index (Phi) is 1.93. The normalized spacial score (nSPS) is 21.9. The first-order chi connectivity index (χ1) is 5.26. The molecule has 70 valence electrons. The second-order valence-electron chi connectivity index (χ2n) is 4.59. The first-order valence-electron chi connectivity index (χ1n) is 4.21. The number of likely N-dealkylation sites (tertiary alicyclic amines) is 1. The Hall–Kier alpha value is -0.600. The van der Waals surface area contributed by atoms with Crippen molar-refractivity contribution >= 4 is 5.91 Å². The fourth-order valence-electron chi connectivity index (χ4n) is 1.26. The summed E-state index contributed by atoms with van der Waals surface area (Å²) in [6.07, 6.45) is 0. The molecular formula is C9H16FNO. The van der Waals surface area contributed by atoms with Gasteiger partial charge in [0.2, 0.25) is 5.91 Å². The fraction of sp³-hybridized carbons (Fsp3) is 0.889. The average Bonchev–Trinajstić information content (AvgIpc) is 1.77. The highest BCUT2D eigenvalue weighted by Crippen LogP contribution is 2.41. The Morgan fingerprint density at radius 1 is 1.42 bits per heavy atom. The van der Waals surface area contributed by atoms with E-state index in [0.717, 1.165) is 0 Å². The van der Waals surface area contributed by atoms with Crippen LogP contribution < -0.4 is 0 Å². The third-order valence-corrected chi connectivity index (χ3v) is 2.67. The minimum Gasteiger partial charge on any atom is -0.336 e. The number of carbonyl (C=O) groups is 1. The predicted octanol–water partition coefficient (Wildman–Crippen LogP) is 1.60. The summed E-state index contributed by atoms with van der Waals surface area (Å²) in [5.41, 5.74) is -1.54. The second kappa shape index (κ2) is 2.44. The zero-order valence-electron chi connectivity index (χ0n) is 8.15. The van der Waals surface area contributed by atoms with Crippen LogP contribution in [0.25, 0.3) is 0 Å². The number of halogens is 1. The van der Waals surface area contributed by atoms with Crippen molar-refractivity contribution in [1.82, 2.24) is 4.90 Å². The van der Waals surface area contributed by atoms with Gasteiger partial charge >= 0.3 is 0 Å². The molecule has 0 spiro atoms. The lowest BCUT2D eigenvalue weighted by Crippen LogP contribution is -2.66. The van der Waals surface area contributed by atoms with E-state index in [1.54, 1.807) is 0 Å². The van der Waals surface area contributed by atoms with Gasteiger partial charge in [0.05, 0.1) is 13.1 Å². The number of amides is 1. The maximum Gasteiger partial charge on any atom is 0.219 e. The average molecular weight is 173 g/mol. The molecule has 2 nitrogen and oxygen atoms in total. The van der Waals surface area contributed by atoms with Crippen molar-refractivity contribution in [2.75, 3.05) is 13.1 Å². The Balaban J connectivity index is 2.57. The van der Waals surface area contributed by atoms with Gasteiger partial charge in [0.15, 0.2) is 5.67 Å². The van der Waals surface area contributed by atoms with Crippen molar-refractivity contribution in [2.24, 2.45) is 5.41 Å². The summed E-state index contributed by atoms with van der Waals surface area (Å²) < 4.78 is 13.8. The van der Waals surface area contributed by atoms with E-state index in [9.17, 15) is 9.18 Å². The monoisotopic (exact) mass is 173 g/mol. The summed E-state index contributed by atoms with van der Waals surface area (Å²) >= 11 is 0. The van der Waals surface area contributed by atoms with Crippen molar-refractivity contribution in [1.29, 1.82) is 0 Å². The predicted molar refractivity (Wildman–Crippen MR) is 45.5 cm³/mol. The van der Waals surface area contributed by atoms with Crippen molar-refractivity contribution in [3.05, 3.63) is 0 Å². The molecule has 0 unspecified atom stereocenters.